The van der Waals surface area contributed by atoms with Gasteiger partial charge in [-0.2, -0.15) is 0 Å². The normalized spacial score (nSPS) is 10.4. The quantitative estimate of drug-likeness (QED) is 0.700. The number of hydrogen-bond acceptors (Lipinski definition) is 4. The molecule has 0 saturated heterocycles. The molecular weight excluding hydrogens is 350 g/mol. The first-order valence-electron chi connectivity index (χ1n) is 8.20. The summed E-state index contributed by atoms with van der Waals surface area (Å²) >= 11 is 0. The maximum Gasteiger partial charge on any atom is 0.257 e. The summed E-state index contributed by atoms with van der Waals surface area (Å²) in [7, 11) is 3.87. The fraction of sp³-hybridized carbons (Fsp3) is 0.100. The number of nitrogens with one attached hydrogen (secondary N) is 2. The molecule has 27 heavy (non-hydrogen) atoms. The van der Waals surface area contributed by atoms with E-state index in [2.05, 4.69) is 15.6 Å². The van der Waals surface area contributed by atoms with Gasteiger partial charge in [-0.15, -0.1) is 0 Å². The van der Waals surface area contributed by atoms with Gasteiger partial charge < -0.3 is 15.5 Å². The van der Waals surface area contributed by atoms with Gasteiger partial charge in [0.25, 0.3) is 5.91 Å². The molecule has 1 amide bonds. The van der Waals surface area contributed by atoms with Crippen LogP contribution in [0.25, 0.3) is 0 Å². The van der Waals surface area contributed by atoms with Crippen LogP contribution in [0.5, 0.6) is 0 Å². The highest BCUT2D eigenvalue weighted by atomic mass is 19.1. The topological polar surface area (TPSA) is 57.3 Å². The van der Waals surface area contributed by atoms with Gasteiger partial charge in [-0.25, -0.2) is 13.8 Å². The van der Waals surface area contributed by atoms with E-state index >= 15 is 0 Å². The molecule has 3 rings (SSSR count). The number of carbonyl (C=O) groups excluding carboxylic acids is 1. The highest BCUT2D eigenvalue weighted by molar-refractivity contribution is 6.04. The first kappa shape index (κ1) is 18.3. The number of aromatic nitrogens is 1. The van der Waals surface area contributed by atoms with Crippen LogP contribution in [-0.4, -0.2) is 25.0 Å². The minimum Gasteiger partial charge on any atom is -0.378 e. The van der Waals surface area contributed by atoms with Crippen molar-refractivity contribution >= 4 is 28.8 Å². The van der Waals surface area contributed by atoms with E-state index in [1.165, 1.54) is 24.4 Å². The standard InChI is InChI=1S/C20H18F2N4O/c1-26(2)15-9-7-14(8-10-15)24-20(27)13-6-11-18(23-12-13)25-19-16(21)4-3-5-17(19)22/h3-12H,1-2H3,(H,23,25)(H,24,27). The van der Waals surface area contributed by atoms with E-state index < -0.39 is 11.6 Å². The van der Waals surface area contributed by atoms with Gasteiger partial charge in [0.05, 0.1) is 5.56 Å². The average Bonchev–Trinajstić information content (AvgIpc) is 2.66. The van der Waals surface area contributed by atoms with Crippen molar-refractivity contribution in [2.45, 2.75) is 0 Å². The first-order chi connectivity index (χ1) is 12.9. The molecule has 0 spiro atoms. The molecule has 0 unspecified atom stereocenters. The maximum atomic E-state index is 13.7. The van der Waals surface area contributed by atoms with Gasteiger partial charge in [0, 0.05) is 31.7 Å². The molecule has 0 aliphatic carbocycles. The Kier molecular flexibility index (Phi) is 5.30. The van der Waals surface area contributed by atoms with E-state index in [1.54, 1.807) is 12.1 Å². The smallest absolute Gasteiger partial charge is 0.257 e. The zero-order valence-corrected chi connectivity index (χ0v) is 14.8. The van der Waals surface area contributed by atoms with Crippen LogP contribution in [0, 0.1) is 11.6 Å². The lowest BCUT2D eigenvalue weighted by Crippen LogP contribution is -2.13. The average molecular weight is 368 g/mol. The number of carbonyl (C=O) groups is 1. The summed E-state index contributed by atoms with van der Waals surface area (Å²) in [5, 5.41) is 5.35. The van der Waals surface area contributed by atoms with E-state index in [0.29, 0.717) is 11.3 Å². The Bertz CT molecular complexity index is 921. The number of amides is 1. The molecule has 3 aromatic rings. The first-order valence-corrected chi connectivity index (χ1v) is 8.20. The van der Waals surface area contributed by atoms with Crippen LogP contribution >= 0.6 is 0 Å². The largest absolute Gasteiger partial charge is 0.378 e. The van der Waals surface area contributed by atoms with Gasteiger partial charge in [0.2, 0.25) is 0 Å². The molecule has 2 aromatic carbocycles. The summed E-state index contributed by atoms with van der Waals surface area (Å²) in [4.78, 5) is 18.3. The highest BCUT2D eigenvalue weighted by Gasteiger charge is 2.11. The molecule has 7 heteroatoms. The van der Waals surface area contributed by atoms with E-state index in [9.17, 15) is 13.6 Å². The second-order valence-electron chi connectivity index (χ2n) is 6.05. The third kappa shape index (κ3) is 4.38. The van der Waals surface area contributed by atoms with Crippen LogP contribution in [0.2, 0.25) is 0 Å². The molecule has 0 aliphatic rings. The number of rotatable bonds is 5. The van der Waals surface area contributed by atoms with Crippen molar-refractivity contribution in [1.29, 1.82) is 0 Å². The Labute approximate surface area is 155 Å². The summed E-state index contributed by atoms with van der Waals surface area (Å²) < 4.78 is 27.3. The van der Waals surface area contributed by atoms with Crippen LogP contribution in [0.4, 0.5) is 31.7 Å². The molecule has 138 valence electrons. The van der Waals surface area contributed by atoms with Gasteiger partial charge in [-0.1, -0.05) is 6.07 Å². The molecule has 0 bridgehead atoms. The Morgan fingerprint density at radius 3 is 2.19 bits per heavy atom. The summed E-state index contributed by atoms with van der Waals surface area (Å²) in [5.41, 5.74) is 1.71. The summed E-state index contributed by atoms with van der Waals surface area (Å²) in [5.74, 6) is -1.55. The molecule has 5 nitrogen and oxygen atoms in total. The Balaban J connectivity index is 1.68. The molecule has 0 aliphatic heterocycles. The van der Waals surface area contributed by atoms with Gasteiger partial charge in [-0.05, 0) is 48.5 Å². The summed E-state index contributed by atoms with van der Waals surface area (Å²) in [6.45, 7) is 0. The van der Waals surface area contributed by atoms with Crippen LogP contribution in [0.15, 0.2) is 60.8 Å². The van der Waals surface area contributed by atoms with Gasteiger partial charge in [-0.3, -0.25) is 4.79 Å². The van der Waals surface area contributed by atoms with E-state index in [0.717, 1.165) is 17.8 Å². The van der Waals surface area contributed by atoms with Crippen LogP contribution < -0.4 is 15.5 Å². The second-order valence-corrected chi connectivity index (χ2v) is 6.05. The van der Waals surface area contributed by atoms with Crippen molar-refractivity contribution in [1.82, 2.24) is 4.98 Å². The summed E-state index contributed by atoms with van der Waals surface area (Å²) in [6.07, 6.45) is 1.34. The minimum absolute atomic E-state index is 0.228. The zero-order chi connectivity index (χ0) is 19.4. The number of para-hydroxylation sites is 1. The van der Waals surface area contributed by atoms with Crippen molar-refractivity contribution < 1.29 is 13.6 Å². The molecule has 0 radical (unpaired) electrons. The predicted molar refractivity (Wildman–Crippen MR) is 103 cm³/mol. The van der Waals surface area contributed by atoms with Crippen LogP contribution in [-0.2, 0) is 0 Å². The third-order valence-corrected chi connectivity index (χ3v) is 3.88. The van der Waals surface area contributed by atoms with Crippen molar-refractivity contribution in [3.63, 3.8) is 0 Å². The fourth-order valence-corrected chi connectivity index (χ4v) is 2.39. The monoisotopic (exact) mass is 368 g/mol. The lowest BCUT2D eigenvalue weighted by molar-refractivity contribution is 0.102. The fourth-order valence-electron chi connectivity index (χ4n) is 2.39. The SMILES string of the molecule is CN(C)c1ccc(NC(=O)c2ccc(Nc3c(F)cccc3F)nc2)cc1. The number of nitrogens with zero attached hydrogens (tertiary/aromatic N) is 2. The molecule has 1 heterocycles. The third-order valence-electron chi connectivity index (χ3n) is 3.88. The number of hydrogen-bond donors (Lipinski definition) is 2. The molecular formula is C20H18F2N4O. The molecule has 0 atom stereocenters. The van der Waals surface area contributed by atoms with E-state index in [1.807, 2.05) is 31.1 Å². The molecule has 1 aromatic heterocycles. The van der Waals surface area contributed by atoms with Gasteiger partial charge >= 0.3 is 0 Å². The zero-order valence-electron chi connectivity index (χ0n) is 14.8. The minimum atomic E-state index is -0.722. The van der Waals surface area contributed by atoms with Crippen molar-refractivity contribution in [2.24, 2.45) is 0 Å². The maximum absolute atomic E-state index is 13.7. The van der Waals surface area contributed by atoms with Crippen molar-refractivity contribution in [3.05, 3.63) is 78.0 Å². The van der Waals surface area contributed by atoms with Crippen molar-refractivity contribution in [3.8, 4) is 0 Å². The number of benzene rings is 2. The Morgan fingerprint density at radius 2 is 1.63 bits per heavy atom. The second kappa shape index (κ2) is 7.82. The molecule has 0 saturated carbocycles. The number of pyridine rings is 1. The predicted octanol–water partition coefficient (Wildman–Crippen LogP) is 4.42. The van der Waals surface area contributed by atoms with Crippen LogP contribution in [0.1, 0.15) is 10.4 Å². The lowest BCUT2D eigenvalue weighted by Gasteiger charge is -2.13. The molecule has 0 fully saturated rings. The van der Waals surface area contributed by atoms with Crippen molar-refractivity contribution in [2.75, 3.05) is 29.6 Å². The van der Waals surface area contributed by atoms with Gasteiger partial charge in [0.15, 0.2) is 0 Å². The summed E-state index contributed by atoms with van der Waals surface area (Å²) in [6, 6.07) is 14.0. The highest BCUT2D eigenvalue weighted by Crippen LogP contribution is 2.22. The number of halogens is 2. The van der Waals surface area contributed by atoms with E-state index in [4.69, 9.17) is 0 Å². The number of anilines is 4. The van der Waals surface area contributed by atoms with Gasteiger partial charge in [0.1, 0.15) is 23.1 Å². The Hall–Kier alpha value is -3.48. The van der Waals surface area contributed by atoms with Crippen LogP contribution in [0.3, 0.4) is 0 Å². The molecule has 2 N–H and O–H groups in total. The Morgan fingerprint density at radius 1 is 0.963 bits per heavy atom. The van der Waals surface area contributed by atoms with E-state index in [-0.39, 0.29) is 17.4 Å². The lowest BCUT2D eigenvalue weighted by atomic mass is 10.2.